The van der Waals surface area contributed by atoms with Crippen LogP contribution < -0.4 is 5.73 Å². The van der Waals surface area contributed by atoms with Gasteiger partial charge >= 0.3 is 0 Å². The fraction of sp³-hybridized carbons (Fsp3) is 1.00. The van der Waals surface area contributed by atoms with Gasteiger partial charge in [-0.2, -0.15) is 0 Å². The van der Waals surface area contributed by atoms with Gasteiger partial charge in [0.25, 0.3) is 0 Å². The minimum atomic E-state index is 0.278. The van der Waals surface area contributed by atoms with Crippen LogP contribution >= 0.6 is 0 Å². The first-order chi connectivity index (χ1) is 5.27. The normalized spacial score (nSPS) is 34.1. The van der Waals surface area contributed by atoms with E-state index in [-0.39, 0.29) is 6.61 Å². The topological polar surface area (TPSA) is 49.5 Å². The number of nitrogens with two attached hydrogens (primary N) is 1. The molecule has 0 amide bonds. The molecule has 0 aromatic rings. The van der Waals surface area contributed by atoms with Crippen molar-refractivity contribution in [2.75, 3.05) is 19.7 Å². The lowest BCUT2D eigenvalue weighted by Gasteiger charge is -2.36. The van der Waals surface area contributed by atoms with Crippen molar-refractivity contribution in [3.8, 4) is 0 Å². The second-order valence-corrected chi connectivity index (χ2v) is 3.26. The molecule has 1 saturated heterocycles. The van der Waals surface area contributed by atoms with Gasteiger partial charge in [0, 0.05) is 18.6 Å². The lowest BCUT2D eigenvalue weighted by molar-refractivity contribution is 0.0862. The Kier molecular flexibility index (Phi) is 3.30. The van der Waals surface area contributed by atoms with Crippen molar-refractivity contribution in [1.82, 2.24) is 4.90 Å². The SMILES string of the molecule is CCN1C[C@H](N)CC[C@@H]1CO. The van der Waals surface area contributed by atoms with E-state index >= 15 is 0 Å². The molecule has 0 radical (unpaired) electrons. The third-order valence-corrected chi connectivity index (χ3v) is 2.47. The molecule has 0 bridgehead atoms. The van der Waals surface area contributed by atoms with E-state index in [1.54, 1.807) is 0 Å². The Labute approximate surface area is 68.2 Å². The predicted molar refractivity (Wildman–Crippen MR) is 45.3 cm³/mol. The van der Waals surface area contributed by atoms with Gasteiger partial charge in [-0.3, -0.25) is 4.90 Å². The molecule has 1 rings (SSSR count). The lowest BCUT2D eigenvalue weighted by atomic mass is 9.99. The van der Waals surface area contributed by atoms with Gasteiger partial charge < -0.3 is 10.8 Å². The first kappa shape index (κ1) is 8.97. The summed E-state index contributed by atoms with van der Waals surface area (Å²) < 4.78 is 0. The Balaban J connectivity index is 2.41. The summed E-state index contributed by atoms with van der Waals surface area (Å²) >= 11 is 0. The standard InChI is InChI=1S/C8H18N2O/c1-2-10-5-7(9)3-4-8(10)6-11/h7-8,11H,2-6,9H2,1H3/t7-,8-/m1/s1. The molecule has 0 aliphatic carbocycles. The maximum absolute atomic E-state index is 9.00. The molecule has 0 saturated carbocycles. The Bertz CT molecular complexity index is 119. The zero-order valence-corrected chi connectivity index (χ0v) is 7.16. The van der Waals surface area contributed by atoms with Gasteiger partial charge in [0.1, 0.15) is 0 Å². The summed E-state index contributed by atoms with van der Waals surface area (Å²) in [4.78, 5) is 2.26. The molecule has 3 N–H and O–H groups in total. The highest BCUT2D eigenvalue weighted by Gasteiger charge is 2.23. The van der Waals surface area contributed by atoms with Crippen LogP contribution in [0.1, 0.15) is 19.8 Å². The molecule has 66 valence electrons. The summed E-state index contributed by atoms with van der Waals surface area (Å²) in [7, 11) is 0. The Morgan fingerprint density at radius 3 is 2.82 bits per heavy atom. The zero-order valence-electron chi connectivity index (χ0n) is 7.16. The molecule has 1 aliphatic rings. The molecule has 2 atom stereocenters. The van der Waals surface area contributed by atoms with Gasteiger partial charge in [-0.05, 0) is 19.4 Å². The number of likely N-dealkylation sites (tertiary alicyclic amines) is 1. The second kappa shape index (κ2) is 4.04. The highest BCUT2D eigenvalue weighted by molar-refractivity contribution is 4.81. The fourth-order valence-electron chi connectivity index (χ4n) is 1.72. The first-order valence-electron chi connectivity index (χ1n) is 4.38. The van der Waals surface area contributed by atoms with Gasteiger partial charge in [0.05, 0.1) is 6.61 Å². The summed E-state index contributed by atoms with van der Waals surface area (Å²) in [5.41, 5.74) is 5.79. The molecule has 3 heteroatoms. The number of nitrogens with zero attached hydrogens (tertiary/aromatic N) is 1. The largest absolute Gasteiger partial charge is 0.395 e. The van der Waals surface area contributed by atoms with E-state index in [1.807, 2.05) is 0 Å². The average molecular weight is 158 g/mol. The van der Waals surface area contributed by atoms with Crippen LogP contribution in [0, 0.1) is 0 Å². The smallest absolute Gasteiger partial charge is 0.0586 e. The Morgan fingerprint density at radius 2 is 2.27 bits per heavy atom. The first-order valence-corrected chi connectivity index (χ1v) is 4.38. The van der Waals surface area contributed by atoms with E-state index in [2.05, 4.69) is 11.8 Å². The fourth-order valence-corrected chi connectivity index (χ4v) is 1.72. The summed E-state index contributed by atoms with van der Waals surface area (Å²) in [6, 6.07) is 0.678. The monoisotopic (exact) mass is 158 g/mol. The number of hydrogen-bond acceptors (Lipinski definition) is 3. The quantitative estimate of drug-likeness (QED) is 0.584. The molecule has 0 aromatic heterocycles. The summed E-state index contributed by atoms with van der Waals surface area (Å²) in [6.45, 7) is 4.34. The van der Waals surface area contributed by atoms with Crippen molar-refractivity contribution in [1.29, 1.82) is 0 Å². The molecule has 1 aliphatic heterocycles. The maximum Gasteiger partial charge on any atom is 0.0586 e. The highest BCUT2D eigenvalue weighted by Crippen LogP contribution is 2.14. The lowest BCUT2D eigenvalue weighted by Crippen LogP contribution is -2.49. The van der Waals surface area contributed by atoms with Crippen LogP contribution in [0.3, 0.4) is 0 Å². The number of piperidine rings is 1. The molecule has 1 fully saturated rings. The number of aliphatic hydroxyl groups is 1. The van der Waals surface area contributed by atoms with Crippen molar-refractivity contribution >= 4 is 0 Å². The van der Waals surface area contributed by atoms with E-state index < -0.39 is 0 Å². The van der Waals surface area contributed by atoms with Crippen molar-refractivity contribution < 1.29 is 5.11 Å². The minimum Gasteiger partial charge on any atom is -0.395 e. The highest BCUT2D eigenvalue weighted by atomic mass is 16.3. The third-order valence-electron chi connectivity index (χ3n) is 2.47. The number of aliphatic hydroxyl groups excluding tert-OH is 1. The van der Waals surface area contributed by atoms with E-state index in [1.165, 1.54) is 0 Å². The van der Waals surface area contributed by atoms with Crippen molar-refractivity contribution in [3.63, 3.8) is 0 Å². The van der Waals surface area contributed by atoms with Gasteiger partial charge in [0.2, 0.25) is 0 Å². The molecular formula is C8H18N2O. The van der Waals surface area contributed by atoms with Crippen molar-refractivity contribution in [2.24, 2.45) is 5.73 Å². The second-order valence-electron chi connectivity index (χ2n) is 3.26. The predicted octanol–water partition coefficient (Wildman–Crippen LogP) is -0.210. The van der Waals surface area contributed by atoms with Gasteiger partial charge in [0.15, 0.2) is 0 Å². The molecule has 3 nitrogen and oxygen atoms in total. The van der Waals surface area contributed by atoms with E-state index in [0.29, 0.717) is 12.1 Å². The summed E-state index contributed by atoms with van der Waals surface area (Å²) in [5, 5.41) is 9.00. The van der Waals surface area contributed by atoms with Gasteiger partial charge in [-0.15, -0.1) is 0 Å². The number of rotatable bonds is 2. The van der Waals surface area contributed by atoms with Crippen LogP contribution in [0.2, 0.25) is 0 Å². The average Bonchev–Trinajstić information content (AvgIpc) is 2.04. The number of likely N-dealkylation sites (N-methyl/N-ethyl adjacent to an activating group) is 1. The minimum absolute atomic E-state index is 0.278. The van der Waals surface area contributed by atoms with Crippen LogP contribution in [0.4, 0.5) is 0 Å². The Morgan fingerprint density at radius 1 is 1.55 bits per heavy atom. The van der Waals surface area contributed by atoms with E-state index in [9.17, 15) is 0 Å². The maximum atomic E-state index is 9.00. The molecule has 1 heterocycles. The summed E-state index contributed by atoms with van der Waals surface area (Å²) in [6.07, 6.45) is 2.10. The third kappa shape index (κ3) is 2.15. The van der Waals surface area contributed by atoms with Gasteiger partial charge in [-0.25, -0.2) is 0 Å². The molecular weight excluding hydrogens is 140 g/mol. The molecule has 11 heavy (non-hydrogen) atoms. The van der Waals surface area contributed by atoms with Crippen LogP contribution in [-0.2, 0) is 0 Å². The van der Waals surface area contributed by atoms with Crippen molar-refractivity contribution in [3.05, 3.63) is 0 Å². The molecule has 0 aromatic carbocycles. The summed E-state index contributed by atoms with van der Waals surface area (Å²) in [5.74, 6) is 0. The zero-order chi connectivity index (χ0) is 8.27. The number of hydrogen-bond donors (Lipinski definition) is 2. The molecule has 0 spiro atoms. The Hall–Kier alpha value is -0.120. The van der Waals surface area contributed by atoms with Crippen LogP contribution in [-0.4, -0.2) is 41.8 Å². The van der Waals surface area contributed by atoms with Crippen LogP contribution in [0.5, 0.6) is 0 Å². The molecule has 0 unspecified atom stereocenters. The van der Waals surface area contributed by atoms with Crippen molar-refractivity contribution in [2.45, 2.75) is 31.8 Å². The van der Waals surface area contributed by atoms with Crippen LogP contribution in [0.15, 0.2) is 0 Å². The van der Waals surface area contributed by atoms with Gasteiger partial charge in [-0.1, -0.05) is 6.92 Å². The van der Waals surface area contributed by atoms with Crippen LogP contribution in [0.25, 0.3) is 0 Å². The van der Waals surface area contributed by atoms with E-state index in [4.69, 9.17) is 10.8 Å². The van der Waals surface area contributed by atoms with E-state index in [0.717, 1.165) is 25.9 Å².